The molecule has 134 valence electrons. The molecule has 0 saturated heterocycles. The minimum atomic E-state index is -0.0394. The van der Waals surface area contributed by atoms with E-state index in [-0.39, 0.29) is 5.56 Å². The molecule has 0 fully saturated rings. The van der Waals surface area contributed by atoms with Gasteiger partial charge in [-0.25, -0.2) is 9.97 Å². The summed E-state index contributed by atoms with van der Waals surface area (Å²) in [6, 6.07) is 8.23. The topological polar surface area (TPSA) is 61.9 Å². The number of halogens is 1. The van der Waals surface area contributed by atoms with Gasteiger partial charge in [0.05, 0.1) is 16.8 Å². The summed E-state index contributed by atoms with van der Waals surface area (Å²) in [6.07, 6.45) is 2.68. The fourth-order valence-corrected chi connectivity index (χ4v) is 4.00. The maximum atomic E-state index is 12.3. The Morgan fingerprint density at radius 3 is 3.00 bits per heavy atom. The van der Waals surface area contributed by atoms with E-state index in [4.69, 9.17) is 11.6 Å². The number of rotatable bonds is 3. The van der Waals surface area contributed by atoms with Crippen LogP contribution in [0.2, 0.25) is 5.15 Å². The van der Waals surface area contributed by atoms with Crippen LogP contribution in [-0.4, -0.2) is 32.7 Å². The zero-order valence-electron chi connectivity index (χ0n) is 14.7. The molecule has 0 radical (unpaired) electrons. The number of aromatic amines is 1. The molecule has 2 aromatic heterocycles. The fraction of sp³-hybridized carbons (Fsp3) is 0.316. The van der Waals surface area contributed by atoms with E-state index in [1.807, 2.05) is 25.3 Å². The Morgan fingerprint density at radius 1 is 1.35 bits per heavy atom. The van der Waals surface area contributed by atoms with Crippen molar-refractivity contribution < 1.29 is 0 Å². The standard InChI is InChI=1S/C19H19ClN4OS/c1-11-4-3-5-12-8-13(17(20)22-16(11)12)9-24-7-6-15-14(10-24)18(25)23-19(21-15)26-2/h3-5,8H,6-7,9-10H2,1-2H3,(H,21,23,25). The first-order valence-electron chi connectivity index (χ1n) is 8.48. The van der Waals surface area contributed by atoms with Gasteiger partial charge in [-0.15, -0.1) is 0 Å². The first kappa shape index (κ1) is 17.5. The predicted octanol–water partition coefficient (Wildman–Crippen LogP) is 3.56. The third kappa shape index (κ3) is 3.24. The van der Waals surface area contributed by atoms with Crippen molar-refractivity contribution >= 4 is 34.3 Å². The molecule has 5 nitrogen and oxygen atoms in total. The molecule has 0 amide bonds. The van der Waals surface area contributed by atoms with Crippen LogP contribution in [0.1, 0.15) is 22.4 Å². The summed E-state index contributed by atoms with van der Waals surface area (Å²) in [5.41, 5.74) is 4.67. The van der Waals surface area contributed by atoms with Crippen molar-refractivity contribution in [3.63, 3.8) is 0 Å². The van der Waals surface area contributed by atoms with Crippen LogP contribution in [0, 0.1) is 6.92 Å². The van der Waals surface area contributed by atoms with Crippen LogP contribution in [0.3, 0.4) is 0 Å². The lowest BCUT2D eigenvalue weighted by Crippen LogP contribution is -2.35. The summed E-state index contributed by atoms with van der Waals surface area (Å²) in [5, 5.41) is 2.30. The number of aryl methyl sites for hydroxylation is 1. The van der Waals surface area contributed by atoms with E-state index in [0.717, 1.165) is 46.3 Å². The van der Waals surface area contributed by atoms with Gasteiger partial charge in [-0.1, -0.05) is 41.6 Å². The van der Waals surface area contributed by atoms with E-state index >= 15 is 0 Å². The highest BCUT2D eigenvalue weighted by molar-refractivity contribution is 7.98. The fourth-order valence-electron chi connectivity index (χ4n) is 3.41. The predicted molar refractivity (Wildman–Crippen MR) is 106 cm³/mol. The average molecular weight is 387 g/mol. The number of nitrogens with zero attached hydrogens (tertiary/aromatic N) is 3. The van der Waals surface area contributed by atoms with Crippen LogP contribution in [0.15, 0.2) is 34.2 Å². The second-order valence-electron chi connectivity index (χ2n) is 6.55. The second-order valence-corrected chi connectivity index (χ2v) is 7.70. The van der Waals surface area contributed by atoms with Gasteiger partial charge in [0, 0.05) is 37.0 Å². The molecule has 0 bridgehead atoms. The van der Waals surface area contributed by atoms with Gasteiger partial charge in [0.15, 0.2) is 5.16 Å². The van der Waals surface area contributed by atoms with Crippen molar-refractivity contribution in [2.45, 2.75) is 31.6 Å². The molecule has 26 heavy (non-hydrogen) atoms. The molecule has 4 rings (SSSR count). The quantitative estimate of drug-likeness (QED) is 0.423. The van der Waals surface area contributed by atoms with Gasteiger partial charge in [0.25, 0.3) is 5.56 Å². The molecular weight excluding hydrogens is 368 g/mol. The molecule has 7 heteroatoms. The van der Waals surface area contributed by atoms with Crippen LogP contribution in [-0.2, 0) is 19.5 Å². The maximum Gasteiger partial charge on any atom is 0.256 e. The lowest BCUT2D eigenvalue weighted by atomic mass is 10.1. The van der Waals surface area contributed by atoms with E-state index in [0.29, 0.717) is 23.4 Å². The molecule has 0 saturated carbocycles. The molecule has 3 aromatic rings. The molecule has 1 aliphatic heterocycles. The smallest absolute Gasteiger partial charge is 0.256 e. The van der Waals surface area contributed by atoms with Gasteiger partial charge in [-0.3, -0.25) is 9.69 Å². The highest BCUT2D eigenvalue weighted by Crippen LogP contribution is 2.25. The third-order valence-corrected chi connectivity index (χ3v) is 5.69. The van der Waals surface area contributed by atoms with E-state index in [2.05, 4.69) is 32.0 Å². The molecular formula is C19H19ClN4OS. The largest absolute Gasteiger partial charge is 0.301 e. The molecule has 0 atom stereocenters. The van der Waals surface area contributed by atoms with Crippen molar-refractivity contribution in [3.8, 4) is 0 Å². The normalized spacial score (nSPS) is 14.6. The van der Waals surface area contributed by atoms with Gasteiger partial charge in [-0.05, 0) is 24.8 Å². The van der Waals surface area contributed by atoms with Crippen molar-refractivity contribution in [2.75, 3.05) is 12.8 Å². The lowest BCUT2D eigenvalue weighted by Gasteiger charge is -2.27. The Hall–Kier alpha value is -1.89. The number of aromatic nitrogens is 3. The summed E-state index contributed by atoms with van der Waals surface area (Å²) in [5.74, 6) is 0. The van der Waals surface area contributed by atoms with Gasteiger partial charge in [-0.2, -0.15) is 0 Å². The molecule has 1 N–H and O–H groups in total. The van der Waals surface area contributed by atoms with E-state index < -0.39 is 0 Å². The van der Waals surface area contributed by atoms with Gasteiger partial charge >= 0.3 is 0 Å². The van der Waals surface area contributed by atoms with Crippen molar-refractivity contribution in [1.82, 2.24) is 19.9 Å². The Morgan fingerprint density at radius 2 is 2.19 bits per heavy atom. The monoisotopic (exact) mass is 386 g/mol. The van der Waals surface area contributed by atoms with Crippen LogP contribution >= 0.6 is 23.4 Å². The van der Waals surface area contributed by atoms with Crippen LogP contribution < -0.4 is 5.56 Å². The molecule has 0 unspecified atom stereocenters. The van der Waals surface area contributed by atoms with Gasteiger partial charge < -0.3 is 4.98 Å². The average Bonchev–Trinajstić information content (AvgIpc) is 2.63. The number of benzene rings is 1. The zero-order valence-corrected chi connectivity index (χ0v) is 16.2. The van der Waals surface area contributed by atoms with E-state index in [1.165, 1.54) is 11.8 Å². The maximum absolute atomic E-state index is 12.3. The van der Waals surface area contributed by atoms with Crippen LogP contribution in [0.4, 0.5) is 0 Å². The summed E-state index contributed by atoms with van der Waals surface area (Å²) < 4.78 is 0. The Labute approximate surface area is 160 Å². The molecule has 0 spiro atoms. The molecule has 3 heterocycles. The highest BCUT2D eigenvalue weighted by Gasteiger charge is 2.22. The number of pyridine rings is 1. The minimum absolute atomic E-state index is 0.0394. The van der Waals surface area contributed by atoms with Crippen molar-refractivity contribution in [1.29, 1.82) is 0 Å². The van der Waals surface area contributed by atoms with Gasteiger partial charge in [0.1, 0.15) is 5.15 Å². The third-order valence-electron chi connectivity index (χ3n) is 4.79. The van der Waals surface area contributed by atoms with Crippen molar-refractivity contribution in [3.05, 3.63) is 62.2 Å². The van der Waals surface area contributed by atoms with E-state index in [9.17, 15) is 4.79 Å². The number of hydrogen-bond acceptors (Lipinski definition) is 5. The highest BCUT2D eigenvalue weighted by atomic mass is 35.5. The summed E-state index contributed by atoms with van der Waals surface area (Å²) >= 11 is 7.90. The number of H-pyrrole nitrogens is 1. The number of thioether (sulfide) groups is 1. The minimum Gasteiger partial charge on any atom is -0.301 e. The van der Waals surface area contributed by atoms with Gasteiger partial charge in [0.2, 0.25) is 0 Å². The molecule has 0 aliphatic carbocycles. The summed E-state index contributed by atoms with van der Waals surface area (Å²) in [4.78, 5) is 26.5. The van der Waals surface area contributed by atoms with Crippen molar-refractivity contribution in [2.24, 2.45) is 0 Å². The number of nitrogens with one attached hydrogen (secondary N) is 1. The zero-order chi connectivity index (χ0) is 18.3. The lowest BCUT2D eigenvalue weighted by molar-refractivity contribution is 0.241. The number of hydrogen-bond donors (Lipinski definition) is 1. The first-order chi connectivity index (χ1) is 12.5. The second kappa shape index (κ2) is 7.02. The number of para-hydroxylation sites is 1. The molecule has 1 aliphatic rings. The van der Waals surface area contributed by atoms with Crippen LogP contribution in [0.25, 0.3) is 10.9 Å². The summed E-state index contributed by atoms with van der Waals surface area (Å²) in [7, 11) is 0. The Bertz CT molecular complexity index is 1050. The first-order valence-corrected chi connectivity index (χ1v) is 10.1. The van der Waals surface area contributed by atoms with E-state index in [1.54, 1.807) is 0 Å². The summed E-state index contributed by atoms with van der Waals surface area (Å²) in [6.45, 7) is 4.13. The number of fused-ring (bicyclic) bond motifs is 2. The van der Waals surface area contributed by atoms with Crippen LogP contribution in [0.5, 0.6) is 0 Å². The molecule has 1 aromatic carbocycles. The Balaban J connectivity index is 1.62. The SMILES string of the molecule is CSc1nc2c(c(=O)[nH]1)CN(Cc1cc3cccc(C)c3nc1Cl)CC2. The Kier molecular flexibility index (Phi) is 4.73.